The Balaban J connectivity index is 2.82. The Kier molecular flexibility index (Phi) is 2.80. The molecule has 0 bridgehead atoms. The number of hydrogen-bond donors (Lipinski definition) is 0. The highest BCUT2D eigenvalue weighted by Crippen LogP contribution is 2.14. The lowest BCUT2D eigenvalue weighted by molar-refractivity contribution is 1.28. The summed E-state index contributed by atoms with van der Waals surface area (Å²) in [7, 11) is 2.12. The summed E-state index contributed by atoms with van der Waals surface area (Å²) in [6, 6.07) is 8.62. The van der Waals surface area contributed by atoms with Crippen molar-refractivity contribution in [3.63, 3.8) is 0 Å². The third kappa shape index (κ3) is 2.03. The van der Waals surface area contributed by atoms with Crippen LogP contribution in [0, 0.1) is 6.92 Å². The number of rotatable bonds is 2. The van der Waals surface area contributed by atoms with E-state index in [1.165, 1.54) is 11.3 Å². The summed E-state index contributed by atoms with van der Waals surface area (Å²) in [5.74, 6) is 0. The number of aryl methyl sites for hydroxylation is 1. The molecule has 1 rings (SSSR count). The first-order valence-corrected chi connectivity index (χ1v) is 4.41. The molecule has 0 heterocycles. The number of benzene rings is 1. The van der Waals surface area contributed by atoms with Crippen LogP contribution in [0.2, 0.25) is 13.6 Å². The molecule has 0 saturated carbocycles. The second-order valence-corrected chi connectivity index (χ2v) is 3.54. The highest BCUT2D eigenvalue weighted by Gasteiger charge is 2.06. The highest BCUT2D eigenvalue weighted by atomic mass is 15.0. The van der Waals surface area contributed by atoms with Gasteiger partial charge in [0.25, 0.3) is 0 Å². The molecule has 1 nitrogen and oxygen atoms in total. The SMILES string of the molecule is CB(C)N(C)c1ccc(C)cc1. The predicted octanol–water partition coefficient (Wildman–Crippen LogP) is 2.68. The Morgan fingerprint density at radius 2 is 1.58 bits per heavy atom. The van der Waals surface area contributed by atoms with Gasteiger partial charge in [-0.1, -0.05) is 31.3 Å². The van der Waals surface area contributed by atoms with Gasteiger partial charge in [-0.05, 0) is 26.1 Å². The molecular weight excluding hydrogens is 145 g/mol. The zero-order valence-electron chi connectivity index (χ0n) is 8.33. The van der Waals surface area contributed by atoms with Crippen LogP contribution in [-0.4, -0.2) is 13.9 Å². The maximum absolute atomic E-state index is 2.26. The van der Waals surface area contributed by atoms with Crippen LogP contribution in [0.15, 0.2) is 24.3 Å². The van der Waals surface area contributed by atoms with Crippen molar-refractivity contribution in [2.75, 3.05) is 11.9 Å². The van der Waals surface area contributed by atoms with Crippen molar-refractivity contribution in [2.24, 2.45) is 0 Å². The minimum Gasteiger partial charge on any atom is -0.418 e. The van der Waals surface area contributed by atoms with E-state index in [0.29, 0.717) is 6.85 Å². The van der Waals surface area contributed by atoms with E-state index >= 15 is 0 Å². The van der Waals surface area contributed by atoms with E-state index in [2.05, 4.69) is 56.7 Å². The van der Waals surface area contributed by atoms with Crippen LogP contribution in [-0.2, 0) is 0 Å². The minimum absolute atomic E-state index is 0.563. The van der Waals surface area contributed by atoms with Crippen LogP contribution in [0.3, 0.4) is 0 Å². The van der Waals surface area contributed by atoms with Crippen molar-refractivity contribution >= 4 is 12.5 Å². The lowest BCUT2D eigenvalue weighted by atomic mass is 9.66. The van der Waals surface area contributed by atoms with Crippen LogP contribution in [0.1, 0.15) is 5.56 Å². The van der Waals surface area contributed by atoms with Crippen molar-refractivity contribution in [1.82, 2.24) is 0 Å². The minimum atomic E-state index is 0.563. The lowest BCUT2D eigenvalue weighted by Crippen LogP contribution is -2.29. The molecule has 64 valence electrons. The monoisotopic (exact) mass is 161 g/mol. The molecule has 0 saturated heterocycles. The molecule has 0 aliphatic carbocycles. The first-order valence-electron chi connectivity index (χ1n) is 4.41. The Labute approximate surface area is 75.5 Å². The third-order valence-electron chi connectivity index (χ3n) is 2.22. The van der Waals surface area contributed by atoms with Crippen molar-refractivity contribution in [3.8, 4) is 0 Å². The Hall–Kier alpha value is -0.915. The van der Waals surface area contributed by atoms with E-state index in [9.17, 15) is 0 Å². The normalized spacial score (nSPS) is 9.67. The predicted molar refractivity (Wildman–Crippen MR) is 57.1 cm³/mol. The molecule has 0 N–H and O–H groups in total. The van der Waals surface area contributed by atoms with Gasteiger partial charge in [0.05, 0.1) is 0 Å². The fourth-order valence-corrected chi connectivity index (χ4v) is 1.08. The van der Waals surface area contributed by atoms with Crippen LogP contribution in [0.5, 0.6) is 0 Å². The maximum Gasteiger partial charge on any atom is 0.247 e. The van der Waals surface area contributed by atoms with Gasteiger partial charge >= 0.3 is 0 Å². The maximum atomic E-state index is 2.26. The molecule has 0 spiro atoms. The van der Waals surface area contributed by atoms with Gasteiger partial charge in [-0.3, -0.25) is 0 Å². The van der Waals surface area contributed by atoms with Gasteiger partial charge in [0.2, 0.25) is 6.85 Å². The van der Waals surface area contributed by atoms with Gasteiger partial charge in [0, 0.05) is 5.69 Å². The molecule has 0 unspecified atom stereocenters. The topological polar surface area (TPSA) is 3.24 Å². The lowest BCUT2D eigenvalue weighted by Gasteiger charge is -2.21. The summed E-state index contributed by atoms with van der Waals surface area (Å²) in [5.41, 5.74) is 2.60. The second kappa shape index (κ2) is 3.66. The Morgan fingerprint density at radius 1 is 1.08 bits per heavy atom. The van der Waals surface area contributed by atoms with Crippen LogP contribution in [0.25, 0.3) is 0 Å². The average molecular weight is 161 g/mol. The van der Waals surface area contributed by atoms with E-state index < -0.39 is 0 Å². The molecule has 0 fully saturated rings. The summed E-state index contributed by atoms with van der Waals surface area (Å²) in [6.07, 6.45) is 0. The molecule has 0 aliphatic rings. The Morgan fingerprint density at radius 3 is 2.00 bits per heavy atom. The smallest absolute Gasteiger partial charge is 0.247 e. The van der Waals surface area contributed by atoms with Crippen molar-refractivity contribution < 1.29 is 0 Å². The fourth-order valence-electron chi connectivity index (χ4n) is 1.08. The quantitative estimate of drug-likeness (QED) is 0.602. The summed E-state index contributed by atoms with van der Waals surface area (Å²) < 4.78 is 0. The molecule has 2 heteroatoms. The molecule has 1 aromatic carbocycles. The van der Waals surface area contributed by atoms with Crippen molar-refractivity contribution in [1.29, 1.82) is 0 Å². The van der Waals surface area contributed by atoms with Gasteiger partial charge in [-0.25, -0.2) is 0 Å². The first-order chi connectivity index (χ1) is 5.61. The van der Waals surface area contributed by atoms with E-state index in [1.807, 2.05) is 0 Å². The molecule has 0 aromatic heterocycles. The molecule has 0 atom stereocenters. The third-order valence-corrected chi connectivity index (χ3v) is 2.22. The molecule has 1 aromatic rings. The van der Waals surface area contributed by atoms with Gasteiger partial charge in [0.15, 0.2) is 0 Å². The number of nitrogens with zero attached hydrogens (tertiary/aromatic N) is 1. The van der Waals surface area contributed by atoms with Gasteiger partial charge in [0.1, 0.15) is 0 Å². The summed E-state index contributed by atoms with van der Waals surface area (Å²) in [4.78, 5) is 2.26. The second-order valence-electron chi connectivity index (χ2n) is 3.54. The van der Waals surface area contributed by atoms with Gasteiger partial charge in [-0.2, -0.15) is 0 Å². The highest BCUT2D eigenvalue weighted by molar-refractivity contribution is 6.60. The van der Waals surface area contributed by atoms with E-state index in [0.717, 1.165) is 0 Å². The zero-order valence-corrected chi connectivity index (χ0v) is 8.33. The summed E-state index contributed by atoms with van der Waals surface area (Å²) >= 11 is 0. The zero-order chi connectivity index (χ0) is 9.14. The van der Waals surface area contributed by atoms with E-state index in [-0.39, 0.29) is 0 Å². The van der Waals surface area contributed by atoms with Crippen LogP contribution >= 0.6 is 0 Å². The largest absolute Gasteiger partial charge is 0.418 e. The first kappa shape index (κ1) is 9.18. The summed E-state index contributed by atoms with van der Waals surface area (Å²) in [6.45, 7) is 7.06. The molecule has 0 amide bonds. The molecule has 12 heavy (non-hydrogen) atoms. The molecule has 0 radical (unpaired) electrons. The van der Waals surface area contributed by atoms with E-state index in [4.69, 9.17) is 0 Å². The van der Waals surface area contributed by atoms with E-state index in [1.54, 1.807) is 0 Å². The van der Waals surface area contributed by atoms with Crippen LogP contribution < -0.4 is 4.81 Å². The summed E-state index contributed by atoms with van der Waals surface area (Å²) in [5, 5.41) is 0. The average Bonchev–Trinajstić information content (AvgIpc) is 2.04. The van der Waals surface area contributed by atoms with Gasteiger partial charge < -0.3 is 4.81 Å². The standard InChI is InChI=1S/C10H16BN/c1-9-5-7-10(8-6-9)12(4)11(2)3/h5-8H,1-4H3. The van der Waals surface area contributed by atoms with Crippen LogP contribution in [0.4, 0.5) is 5.69 Å². The Bertz CT molecular complexity index is 241. The number of hydrogen-bond acceptors (Lipinski definition) is 1. The van der Waals surface area contributed by atoms with Crippen molar-refractivity contribution in [3.05, 3.63) is 29.8 Å². The fraction of sp³-hybridized carbons (Fsp3) is 0.400. The van der Waals surface area contributed by atoms with Gasteiger partial charge in [-0.15, -0.1) is 0 Å². The molecular formula is C10H16BN. The number of anilines is 1. The van der Waals surface area contributed by atoms with Crippen molar-refractivity contribution in [2.45, 2.75) is 20.6 Å². The molecule has 0 aliphatic heterocycles.